The van der Waals surface area contributed by atoms with Gasteiger partial charge in [0.25, 0.3) is 0 Å². The summed E-state index contributed by atoms with van der Waals surface area (Å²) in [4.78, 5) is 0. The van der Waals surface area contributed by atoms with Crippen molar-refractivity contribution in [1.82, 2.24) is 3.75 Å². The van der Waals surface area contributed by atoms with Crippen molar-refractivity contribution in [3.63, 3.8) is 0 Å². The first-order valence-electron chi connectivity index (χ1n) is 0.881. The van der Waals surface area contributed by atoms with Gasteiger partial charge < -0.3 is 0 Å². The van der Waals surface area contributed by atoms with Crippen LogP contribution in [-0.4, -0.2) is 8.42 Å². The van der Waals surface area contributed by atoms with Crippen molar-refractivity contribution < 1.29 is 8.42 Å². The van der Waals surface area contributed by atoms with E-state index in [2.05, 4.69) is 26.8 Å². The van der Waals surface area contributed by atoms with Gasteiger partial charge in [-0.1, -0.05) is 0 Å². The van der Waals surface area contributed by atoms with Gasteiger partial charge in [-0.2, -0.15) is 8.42 Å². The van der Waals surface area contributed by atoms with Gasteiger partial charge in [-0.15, -0.1) is 3.75 Å². The second-order valence-corrected chi connectivity index (χ2v) is 3.74. The molecule has 0 radical (unpaired) electrons. The molecule has 6 heteroatoms. The fourth-order valence-corrected chi connectivity index (χ4v) is 0. The largest absolute Gasteiger partial charge is 0.306 e. The van der Waals surface area contributed by atoms with Crippen LogP contribution < -0.4 is 3.75 Å². The van der Waals surface area contributed by atoms with Gasteiger partial charge in [-0.25, -0.2) is 0 Å². The van der Waals surface area contributed by atoms with E-state index in [0.29, 0.717) is 0 Å². The molecule has 0 aromatic heterocycles. The lowest BCUT2D eigenvalue weighted by Crippen LogP contribution is -2.01. The molecule has 1 N–H and O–H groups in total. The van der Waals surface area contributed by atoms with Crippen LogP contribution in [-0.2, 0) is 9.24 Å². The highest BCUT2D eigenvalue weighted by molar-refractivity contribution is 9.09. The predicted octanol–water partition coefficient (Wildman–Crippen LogP) is 0.370. The number of hydrogen-bond acceptors (Lipinski definition) is 2. The van der Waals surface area contributed by atoms with Gasteiger partial charge in [0.2, 0.25) is 0 Å². The van der Waals surface area contributed by atoms with Crippen molar-refractivity contribution in [2.75, 3.05) is 0 Å². The molecular formula is HBrClNO2S. The van der Waals surface area contributed by atoms with Crippen LogP contribution in [0.1, 0.15) is 0 Å². The second kappa shape index (κ2) is 2.11. The van der Waals surface area contributed by atoms with E-state index in [0.717, 1.165) is 0 Å². The number of rotatable bonds is 1. The maximum Gasteiger partial charge on any atom is 0.306 e. The van der Waals surface area contributed by atoms with Crippen molar-refractivity contribution >= 4 is 36.1 Å². The molecular weight excluding hydrogens is 193 g/mol. The molecule has 0 unspecified atom stereocenters. The Labute approximate surface area is 48.6 Å². The van der Waals surface area contributed by atoms with Crippen LogP contribution >= 0.6 is 26.8 Å². The average Bonchev–Trinajstić information content (AvgIpc) is 1.35. The molecule has 0 atom stereocenters. The van der Waals surface area contributed by atoms with Crippen LogP contribution in [0, 0.1) is 0 Å². The summed E-state index contributed by atoms with van der Waals surface area (Å²) in [6, 6.07) is 0. The van der Waals surface area contributed by atoms with Gasteiger partial charge in [-0.05, 0) is 0 Å². The van der Waals surface area contributed by atoms with Gasteiger partial charge in [0.05, 0.1) is 0 Å². The van der Waals surface area contributed by atoms with Gasteiger partial charge in [0.1, 0.15) is 0 Å². The van der Waals surface area contributed by atoms with E-state index in [1.165, 1.54) is 0 Å². The Morgan fingerprint density at radius 2 is 1.83 bits per heavy atom. The molecule has 0 aliphatic heterocycles. The van der Waals surface area contributed by atoms with Crippen LogP contribution in [0.15, 0.2) is 0 Å². The van der Waals surface area contributed by atoms with Crippen LogP contribution in [0.5, 0.6) is 0 Å². The predicted molar refractivity (Wildman–Crippen MR) is 26.8 cm³/mol. The minimum atomic E-state index is -3.52. The SMILES string of the molecule is O=S(=O)(Cl)NBr. The lowest BCUT2D eigenvalue weighted by Gasteiger charge is -1.78. The molecule has 0 saturated heterocycles. The molecule has 0 aromatic rings. The fraction of sp³-hybridized carbons (Fsp3) is 0. The van der Waals surface area contributed by atoms with Crippen molar-refractivity contribution in [1.29, 1.82) is 0 Å². The highest BCUT2D eigenvalue weighted by atomic mass is 79.9. The molecule has 0 amide bonds. The smallest absolute Gasteiger partial charge is 0.194 e. The molecule has 38 valence electrons. The lowest BCUT2D eigenvalue weighted by molar-refractivity contribution is 0.609. The molecule has 0 heterocycles. The summed E-state index contributed by atoms with van der Waals surface area (Å²) in [6.45, 7) is 0. The molecule has 3 nitrogen and oxygen atoms in total. The van der Waals surface area contributed by atoms with E-state index in [4.69, 9.17) is 0 Å². The lowest BCUT2D eigenvalue weighted by atomic mass is 13.9. The van der Waals surface area contributed by atoms with E-state index in [1.54, 1.807) is 3.75 Å². The van der Waals surface area contributed by atoms with E-state index in [-0.39, 0.29) is 0 Å². The zero-order chi connectivity index (χ0) is 5.21. The first-order chi connectivity index (χ1) is 2.56. The Balaban J connectivity index is 3.85. The van der Waals surface area contributed by atoms with Crippen molar-refractivity contribution in [3.8, 4) is 0 Å². The zero-order valence-electron chi connectivity index (χ0n) is 2.48. The van der Waals surface area contributed by atoms with Crippen LogP contribution in [0.4, 0.5) is 0 Å². The zero-order valence-corrected chi connectivity index (χ0v) is 5.64. The van der Waals surface area contributed by atoms with E-state index in [9.17, 15) is 8.42 Å². The van der Waals surface area contributed by atoms with Crippen molar-refractivity contribution in [3.05, 3.63) is 0 Å². The average molecular weight is 194 g/mol. The molecule has 0 rings (SSSR count). The highest BCUT2D eigenvalue weighted by Crippen LogP contribution is 1.89. The number of halogens is 2. The molecule has 0 fully saturated rings. The van der Waals surface area contributed by atoms with Crippen LogP contribution in [0.3, 0.4) is 0 Å². The van der Waals surface area contributed by atoms with Crippen LogP contribution in [0.2, 0.25) is 0 Å². The van der Waals surface area contributed by atoms with E-state index >= 15 is 0 Å². The summed E-state index contributed by atoms with van der Waals surface area (Å²) < 4.78 is 20.9. The van der Waals surface area contributed by atoms with Gasteiger partial charge in [-0.3, -0.25) is 0 Å². The maximum atomic E-state index is 9.61. The van der Waals surface area contributed by atoms with Gasteiger partial charge >= 0.3 is 9.24 Å². The summed E-state index contributed by atoms with van der Waals surface area (Å²) in [5.74, 6) is 0. The second-order valence-electron chi connectivity index (χ2n) is 0.515. The minimum Gasteiger partial charge on any atom is -0.194 e. The van der Waals surface area contributed by atoms with Gasteiger partial charge in [0, 0.05) is 26.8 Å². The Morgan fingerprint density at radius 1 is 1.67 bits per heavy atom. The number of nitrogens with one attached hydrogen (secondary N) is 1. The summed E-state index contributed by atoms with van der Waals surface area (Å²) in [5.41, 5.74) is 0. The summed E-state index contributed by atoms with van der Waals surface area (Å²) in [5, 5.41) is 0. The molecule has 0 spiro atoms. The highest BCUT2D eigenvalue weighted by Gasteiger charge is 1.94. The third kappa shape index (κ3) is 4.68. The normalized spacial score (nSPS) is 11.7. The van der Waals surface area contributed by atoms with E-state index < -0.39 is 9.24 Å². The minimum absolute atomic E-state index is 1.65. The molecule has 0 saturated carbocycles. The third-order valence-electron chi connectivity index (χ3n) is 0.0922. The third-order valence-corrected chi connectivity index (χ3v) is 2.35. The summed E-state index contributed by atoms with van der Waals surface area (Å²) in [6.07, 6.45) is 0. The fourth-order valence-electron chi connectivity index (χ4n) is 0. The Hall–Kier alpha value is 0.680. The Bertz CT molecular complexity index is 116. The summed E-state index contributed by atoms with van der Waals surface area (Å²) >= 11 is 2.40. The Morgan fingerprint density at radius 3 is 1.83 bits per heavy atom. The first kappa shape index (κ1) is 6.68. The summed E-state index contributed by atoms with van der Waals surface area (Å²) in [7, 11) is 1.01. The van der Waals surface area contributed by atoms with E-state index in [1.807, 2.05) is 0 Å². The maximum absolute atomic E-state index is 9.61. The monoisotopic (exact) mass is 193 g/mol. The molecule has 0 aromatic carbocycles. The first-order valence-corrected chi connectivity index (χ1v) is 3.98. The van der Waals surface area contributed by atoms with Crippen molar-refractivity contribution in [2.45, 2.75) is 0 Å². The topological polar surface area (TPSA) is 46.2 Å². The molecule has 0 aliphatic carbocycles. The molecule has 0 bridgehead atoms. The Kier molecular flexibility index (Phi) is 2.35. The van der Waals surface area contributed by atoms with Crippen LogP contribution in [0.25, 0.3) is 0 Å². The molecule has 6 heavy (non-hydrogen) atoms. The van der Waals surface area contributed by atoms with Gasteiger partial charge in [0.15, 0.2) is 0 Å². The quantitative estimate of drug-likeness (QED) is 0.484. The molecule has 0 aliphatic rings. The van der Waals surface area contributed by atoms with Crippen molar-refractivity contribution in [2.24, 2.45) is 0 Å². The number of hydrogen-bond donors (Lipinski definition) is 1. The standard InChI is InChI=1S/BrClHNO2S/c1-3-6(2,4)5/h3H.